The number of nitrogens with zero attached hydrogens (tertiary/aromatic N) is 3. The highest BCUT2D eigenvalue weighted by Gasteiger charge is 2.47. The molecule has 2 atom stereocenters. The second-order valence-electron chi connectivity index (χ2n) is 9.93. The second-order valence-corrected chi connectivity index (χ2v) is 9.93. The summed E-state index contributed by atoms with van der Waals surface area (Å²) in [5.74, 6) is -5.30. The van der Waals surface area contributed by atoms with Crippen molar-refractivity contribution in [3.05, 3.63) is 34.2 Å². The van der Waals surface area contributed by atoms with Crippen molar-refractivity contribution >= 4 is 28.9 Å². The molecular weight excluding hydrogens is 450 g/mol. The van der Waals surface area contributed by atoms with Crippen molar-refractivity contribution in [2.24, 2.45) is 7.05 Å². The number of amides is 3. The summed E-state index contributed by atoms with van der Waals surface area (Å²) in [4.78, 5) is 50.0. The minimum absolute atomic E-state index is 0.0273. The van der Waals surface area contributed by atoms with E-state index in [0.29, 0.717) is 16.6 Å². The maximum atomic E-state index is 15.2. The van der Waals surface area contributed by atoms with E-state index >= 15 is 8.78 Å². The SMILES string of the molecule is Cn1c(=O)n(C2CCC(=O)NC2=O)c2ccc(C3CCN(C(=O)OC(C)(C)C)CC3(F)F)cc21. The average molecular weight is 478 g/mol. The van der Waals surface area contributed by atoms with Crippen molar-refractivity contribution in [1.29, 1.82) is 0 Å². The minimum Gasteiger partial charge on any atom is -0.444 e. The van der Waals surface area contributed by atoms with Gasteiger partial charge in [-0.2, -0.15) is 0 Å². The molecule has 0 spiro atoms. The number of halogens is 2. The van der Waals surface area contributed by atoms with Crippen LogP contribution in [-0.4, -0.2) is 56.6 Å². The first-order valence-electron chi connectivity index (χ1n) is 11.2. The third-order valence-electron chi connectivity index (χ3n) is 6.29. The van der Waals surface area contributed by atoms with Crippen LogP contribution < -0.4 is 11.0 Å². The van der Waals surface area contributed by atoms with Crippen molar-refractivity contribution in [3.8, 4) is 0 Å². The van der Waals surface area contributed by atoms with E-state index in [0.717, 1.165) is 4.90 Å². The van der Waals surface area contributed by atoms with E-state index in [9.17, 15) is 19.2 Å². The van der Waals surface area contributed by atoms with Gasteiger partial charge in [0, 0.05) is 20.0 Å². The third kappa shape index (κ3) is 4.30. The molecule has 2 aliphatic heterocycles. The van der Waals surface area contributed by atoms with Crippen LogP contribution in [0, 0.1) is 0 Å². The van der Waals surface area contributed by atoms with Crippen LogP contribution in [0.3, 0.4) is 0 Å². The van der Waals surface area contributed by atoms with Crippen molar-refractivity contribution in [2.45, 2.75) is 63.5 Å². The first-order valence-corrected chi connectivity index (χ1v) is 11.2. The Morgan fingerprint density at radius 1 is 1.15 bits per heavy atom. The van der Waals surface area contributed by atoms with Crippen molar-refractivity contribution in [1.82, 2.24) is 19.4 Å². The normalized spacial score (nSPS) is 23.2. The predicted octanol–water partition coefficient (Wildman–Crippen LogP) is 2.68. The molecule has 3 amide bonds. The number of piperidine rings is 2. The number of hydrogen-bond acceptors (Lipinski definition) is 5. The molecule has 0 bridgehead atoms. The van der Waals surface area contributed by atoms with Crippen molar-refractivity contribution < 1.29 is 27.9 Å². The molecular formula is C23H28F2N4O5. The highest BCUT2D eigenvalue weighted by Crippen LogP contribution is 2.41. The fourth-order valence-corrected chi connectivity index (χ4v) is 4.66. The number of carbonyl (C=O) groups is 3. The molecule has 3 heterocycles. The lowest BCUT2D eigenvalue weighted by Gasteiger charge is -2.39. The molecule has 2 saturated heterocycles. The molecule has 9 nitrogen and oxygen atoms in total. The maximum Gasteiger partial charge on any atom is 0.410 e. The monoisotopic (exact) mass is 478 g/mol. The summed E-state index contributed by atoms with van der Waals surface area (Å²) < 4.78 is 38.2. The van der Waals surface area contributed by atoms with E-state index in [1.165, 1.54) is 22.2 Å². The van der Waals surface area contributed by atoms with Gasteiger partial charge < -0.3 is 9.64 Å². The zero-order valence-electron chi connectivity index (χ0n) is 19.6. The number of nitrogens with one attached hydrogen (secondary N) is 1. The number of benzene rings is 1. The number of aryl methyl sites for hydroxylation is 1. The Bertz CT molecular complexity index is 1230. The van der Waals surface area contributed by atoms with Crippen LogP contribution in [0.4, 0.5) is 13.6 Å². The predicted molar refractivity (Wildman–Crippen MR) is 119 cm³/mol. The molecule has 0 radical (unpaired) electrons. The van der Waals surface area contributed by atoms with Crippen LogP contribution in [-0.2, 0) is 21.4 Å². The van der Waals surface area contributed by atoms with Gasteiger partial charge in [0.05, 0.1) is 23.5 Å². The van der Waals surface area contributed by atoms with Gasteiger partial charge in [-0.05, 0) is 51.3 Å². The average Bonchev–Trinajstić information content (AvgIpc) is 2.96. The van der Waals surface area contributed by atoms with E-state index in [-0.39, 0.29) is 25.8 Å². The number of aromatic nitrogens is 2. The first kappa shape index (κ1) is 23.9. The van der Waals surface area contributed by atoms with Gasteiger partial charge in [-0.3, -0.25) is 24.0 Å². The van der Waals surface area contributed by atoms with E-state index in [1.807, 2.05) is 0 Å². The fourth-order valence-electron chi connectivity index (χ4n) is 4.66. The Morgan fingerprint density at radius 3 is 2.47 bits per heavy atom. The highest BCUT2D eigenvalue weighted by atomic mass is 19.3. The summed E-state index contributed by atoms with van der Waals surface area (Å²) in [6.07, 6.45) is -0.448. The molecule has 1 aromatic carbocycles. The highest BCUT2D eigenvalue weighted by molar-refractivity contribution is 6.00. The van der Waals surface area contributed by atoms with Crippen LogP contribution >= 0.6 is 0 Å². The molecule has 0 saturated carbocycles. The van der Waals surface area contributed by atoms with Crippen molar-refractivity contribution in [3.63, 3.8) is 0 Å². The lowest BCUT2D eigenvalue weighted by Crippen LogP contribution is -2.50. The van der Waals surface area contributed by atoms with Crippen molar-refractivity contribution in [2.75, 3.05) is 13.1 Å². The van der Waals surface area contributed by atoms with Gasteiger partial charge >= 0.3 is 11.8 Å². The van der Waals surface area contributed by atoms with Gasteiger partial charge in [0.2, 0.25) is 11.8 Å². The number of ether oxygens (including phenoxy) is 1. The van der Waals surface area contributed by atoms with Gasteiger partial charge in [-0.1, -0.05) is 6.07 Å². The Balaban J connectivity index is 1.63. The van der Waals surface area contributed by atoms with Crippen LogP contribution in [0.15, 0.2) is 23.0 Å². The molecule has 34 heavy (non-hydrogen) atoms. The lowest BCUT2D eigenvalue weighted by atomic mass is 9.86. The maximum absolute atomic E-state index is 15.2. The molecule has 1 aromatic heterocycles. The number of likely N-dealkylation sites (tertiary alicyclic amines) is 1. The van der Waals surface area contributed by atoms with E-state index in [4.69, 9.17) is 4.74 Å². The first-order chi connectivity index (χ1) is 15.8. The van der Waals surface area contributed by atoms with Crippen LogP contribution in [0.5, 0.6) is 0 Å². The molecule has 11 heteroatoms. The molecule has 4 rings (SSSR count). The van der Waals surface area contributed by atoms with E-state index in [2.05, 4.69) is 5.32 Å². The topological polar surface area (TPSA) is 103 Å². The lowest BCUT2D eigenvalue weighted by molar-refractivity contribution is -0.135. The number of carbonyl (C=O) groups excluding carboxylic acids is 3. The minimum atomic E-state index is -3.20. The number of hydrogen-bond donors (Lipinski definition) is 1. The summed E-state index contributed by atoms with van der Waals surface area (Å²) >= 11 is 0. The Hall–Kier alpha value is -3.24. The molecule has 2 unspecified atom stereocenters. The van der Waals surface area contributed by atoms with E-state index in [1.54, 1.807) is 32.9 Å². The van der Waals surface area contributed by atoms with Gasteiger partial charge in [-0.15, -0.1) is 0 Å². The van der Waals surface area contributed by atoms with E-state index < -0.39 is 53.6 Å². The summed E-state index contributed by atoms with van der Waals surface area (Å²) in [6.45, 7) is 4.38. The number of fused-ring (bicyclic) bond motifs is 1. The fraction of sp³-hybridized carbons (Fsp3) is 0.565. The number of alkyl halides is 2. The number of imide groups is 1. The third-order valence-corrected chi connectivity index (χ3v) is 6.29. The zero-order chi connectivity index (χ0) is 25.0. The van der Waals surface area contributed by atoms with Gasteiger partial charge in [0.25, 0.3) is 5.92 Å². The van der Waals surface area contributed by atoms with Gasteiger partial charge in [-0.25, -0.2) is 18.4 Å². The summed E-state index contributed by atoms with van der Waals surface area (Å²) in [6, 6.07) is 3.79. The van der Waals surface area contributed by atoms with Gasteiger partial charge in [0.1, 0.15) is 11.6 Å². The van der Waals surface area contributed by atoms with Gasteiger partial charge in [0.15, 0.2) is 0 Å². The molecule has 1 N–H and O–H groups in total. The Morgan fingerprint density at radius 2 is 1.85 bits per heavy atom. The van der Waals surface area contributed by atoms with Crippen LogP contribution in [0.1, 0.15) is 57.6 Å². The smallest absolute Gasteiger partial charge is 0.410 e. The zero-order valence-corrected chi connectivity index (χ0v) is 19.6. The summed E-state index contributed by atoms with van der Waals surface area (Å²) in [5, 5.41) is 2.24. The summed E-state index contributed by atoms with van der Waals surface area (Å²) in [7, 11) is 1.51. The quantitative estimate of drug-likeness (QED) is 0.669. The molecule has 0 aliphatic carbocycles. The molecule has 2 aromatic rings. The Kier molecular flexibility index (Phi) is 5.77. The largest absolute Gasteiger partial charge is 0.444 e. The molecule has 2 aliphatic rings. The van der Waals surface area contributed by atoms with Crippen LogP contribution in [0.2, 0.25) is 0 Å². The standard InChI is InChI=1S/C23H28F2N4O5/c1-22(2,3)34-21(33)28-10-9-14(23(24,25)12-28)13-5-6-15-17(11-13)27(4)20(32)29(15)16-7-8-18(30)26-19(16)31/h5-6,11,14,16H,7-10,12H2,1-4H3,(H,26,30,31). The Labute approximate surface area is 194 Å². The molecule has 2 fully saturated rings. The number of imidazole rings is 1. The summed E-state index contributed by atoms with van der Waals surface area (Å²) in [5.41, 5.74) is -0.0577. The second kappa shape index (κ2) is 8.21. The number of rotatable bonds is 2. The molecule has 184 valence electrons. The van der Waals surface area contributed by atoms with Crippen LogP contribution in [0.25, 0.3) is 11.0 Å².